The number of ketones is 1. The summed E-state index contributed by atoms with van der Waals surface area (Å²) in [5.41, 5.74) is 1.03. The number of esters is 1. The molecule has 1 N–H and O–H groups in total. The van der Waals surface area contributed by atoms with Gasteiger partial charge in [0.15, 0.2) is 16.6 Å². The zero-order chi connectivity index (χ0) is 23.8. The number of amides is 1. The lowest BCUT2D eigenvalue weighted by atomic mass is 9.94. The van der Waals surface area contributed by atoms with Gasteiger partial charge in [-0.2, -0.15) is 0 Å². The van der Waals surface area contributed by atoms with E-state index in [4.69, 9.17) is 14.2 Å². The Kier molecular flexibility index (Phi) is 5.50. The molecular weight excluding hydrogens is 460 g/mol. The number of methoxy groups -OCH3 is 1. The summed E-state index contributed by atoms with van der Waals surface area (Å²) in [6.07, 6.45) is 1.53. The molecule has 3 aromatic rings. The lowest BCUT2D eigenvalue weighted by Crippen LogP contribution is -2.29. The Morgan fingerprint density at radius 3 is 2.47 bits per heavy atom. The molecule has 1 fully saturated rings. The summed E-state index contributed by atoms with van der Waals surface area (Å²) in [4.78, 5) is 43.5. The molecule has 2 aliphatic rings. The zero-order valence-electron chi connectivity index (χ0n) is 17.9. The van der Waals surface area contributed by atoms with Gasteiger partial charge in [-0.3, -0.25) is 14.5 Å². The maximum atomic E-state index is 13.2. The number of hydrogen-bond donors (Lipinski definition) is 1. The molecule has 5 rings (SSSR count). The number of hydrogen-bond acceptors (Lipinski definition) is 9. The van der Waals surface area contributed by atoms with Crippen molar-refractivity contribution in [3.05, 3.63) is 76.3 Å². The van der Waals surface area contributed by atoms with E-state index >= 15 is 0 Å². The summed E-state index contributed by atoms with van der Waals surface area (Å²) in [5.74, 6) is -1.56. The number of Topliss-reactive ketones (excluding diaryl/α,β-unsaturated/α-hetero) is 1. The number of fused-ring (bicyclic) bond motifs is 1. The fraction of sp³-hybridized carbons (Fsp3) is 0.167. The van der Waals surface area contributed by atoms with E-state index in [-0.39, 0.29) is 11.3 Å². The topological polar surface area (TPSA) is 115 Å². The Bertz CT molecular complexity index is 1320. The number of aliphatic hydroxyl groups is 1. The minimum absolute atomic E-state index is 0.0947. The van der Waals surface area contributed by atoms with Crippen molar-refractivity contribution in [1.82, 2.24) is 4.98 Å². The van der Waals surface area contributed by atoms with E-state index in [1.54, 1.807) is 35.7 Å². The smallest absolute Gasteiger partial charge is 0.337 e. The highest BCUT2D eigenvalue weighted by Gasteiger charge is 2.48. The van der Waals surface area contributed by atoms with Crippen LogP contribution in [0.1, 0.15) is 27.5 Å². The third kappa shape index (κ3) is 3.57. The molecule has 34 heavy (non-hydrogen) atoms. The Morgan fingerprint density at radius 2 is 1.79 bits per heavy atom. The van der Waals surface area contributed by atoms with Crippen molar-refractivity contribution in [1.29, 1.82) is 0 Å². The van der Waals surface area contributed by atoms with E-state index in [1.807, 2.05) is 0 Å². The molecule has 2 aromatic carbocycles. The fourth-order valence-electron chi connectivity index (χ4n) is 3.95. The van der Waals surface area contributed by atoms with Crippen molar-refractivity contribution < 1.29 is 33.7 Å². The number of anilines is 1. The molecule has 1 atom stereocenters. The molecule has 1 aromatic heterocycles. The van der Waals surface area contributed by atoms with Crippen LogP contribution in [-0.2, 0) is 14.3 Å². The second kappa shape index (κ2) is 8.64. The van der Waals surface area contributed by atoms with Crippen LogP contribution >= 0.6 is 11.3 Å². The number of thiazole rings is 1. The number of ether oxygens (including phenoxy) is 3. The van der Waals surface area contributed by atoms with Crippen molar-refractivity contribution in [3.63, 3.8) is 0 Å². The first-order chi connectivity index (χ1) is 16.5. The summed E-state index contributed by atoms with van der Waals surface area (Å²) >= 11 is 1.19. The van der Waals surface area contributed by atoms with E-state index in [0.29, 0.717) is 46.5 Å². The number of aromatic nitrogens is 1. The summed E-state index contributed by atoms with van der Waals surface area (Å²) in [6, 6.07) is 10.1. The SMILES string of the molecule is COC(=O)c1ccc(C2/C(=C(\O)c3ccc4c(c3)OCCO4)C(=O)C(=O)N2c2nccs2)cc1. The van der Waals surface area contributed by atoms with Gasteiger partial charge < -0.3 is 19.3 Å². The van der Waals surface area contributed by atoms with Crippen LogP contribution in [0.2, 0.25) is 0 Å². The average molecular weight is 478 g/mol. The monoisotopic (exact) mass is 478 g/mol. The Hall–Kier alpha value is -4.18. The molecule has 0 spiro atoms. The van der Waals surface area contributed by atoms with Crippen LogP contribution in [0.15, 0.2) is 59.6 Å². The van der Waals surface area contributed by atoms with Gasteiger partial charge in [-0.1, -0.05) is 12.1 Å². The first-order valence-electron chi connectivity index (χ1n) is 10.3. The van der Waals surface area contributed by atoms with Crippen LogP contribution in [0.5, 0.6) is 11.5 Å². The van der Waals surface area contributed by atoms with Crippen molar-refractivity contribution in [2.24, 2.45) is 0 Å². The highest BCUT2D eigenvalue weighted by Crippen LogP contribution is 2.43. The van der Waals surface area contributed by atoms with E-state index in [0.717, 1.165) is 0 Å². The second-order valence-electron chi connectivity index (χ2n) is 7.46. The minimum atomic E-state index is -0.953. The van der Waals surface area contributed by atoms with Gasteiger partial charge in [0, 0.05) is 17.1 Å². The summed E-state index contributed by atoms with van der Waals surface area (Å²) in [7, 11) is 1.28. The third-order valence-electron chi connectivity index (χ3n) is 5.53. The largest absolute Gasteiger partial charge is 0.507 e. The predicted molar refractivity (Wildman–Crippen MR) is 122 cm³/mol. The molecule has 0 radical (unpaired) electrons. The van der Waals surface area contributed by atoms with Crippen LogP contribution in [0.3, 0.4) is 0 Å². The number of nitrogens with zero attached hydrogens (tertiary/aromatic N) is 2. The van der Waals surface area contributed by atoms with Crippen molar-refractivity contribution >= 4 is 39.9 Å². The molecule has 9 nitrogen and oxygen atoms in total. The standard InChI is InChI=1S/C24H18N2O7S/c1-31-23(30)14-4-2-13(3-5-14)19-18(21(28)22(29)26(19)24-25-8-11-34-24)20(27)15-6-7-16-17(12-15)33-10-9-32-16/h2-8,11-12,19,27H,9-10H2,1H3/b20-18+. The quantitative estimate of drug-likeness (QED) is 0.263. The van der Waals surface area contributed by atoms with Crippen molar-refractivity contribution in [3.8, 4) is 11.5 Å². The molecule has 172 valence electrons. The molecule has 1 unspecified atom stereocenters. The van der Waals surface area contributed by atoms with Crippen LogP contribution < -0.4 is 14.4 Å². The number of rotatable bonds is 4. The highest BCUT2D eigenvalue weighted by atomic mass is 32.1. The minimum Gasteiger partial charge on any atom is -0.507 e. The van der Waals surface area contributed by atoms with Crippen molar-refractivity contribution in [2.75, 3.05) is 25.2 Å². The van der Waals surface area contributed by atoms with Crippen LogP contribution in [0.4, 0.5) is 5.13 Å². The summed E-state index contributed by atoms with van der Waals surface area (Å²) < 4.78 is 15.9. The average Bonchev–Trinajstić information content (AvgIpc) is 3.49. The van der Waals surface area contributed by atoms with Gasteiger partial charge in [-0.15, -0.1) is 11.3 Å². The lowest BCUT2D eigenvalue weighted by Gasteiger charge is -2.23. The van der Waals surface area contributed by atoms with Gasteiger partial charge in [0.05, 0.1) is 24.3 Å². The molecule has 0 bridgehead atoms. The zero-order valence-corrected chi connectivity index (χ0v) is 18.7. The van der Waals surface area contributed by atoms with Crippen LogP contribution in [-0.4, -0.2) is 48.1 Å². The fourth-order valence-corrected chi connectivity index (χ4v) is 4.61. The first kappa shape index (κ1) is 21.7. The first-order valence-corrected chi connectivity index (χ1v) is 11.2. The van der Waals surface area contributed by atoms with Gasteiger partial charge in [0.25, 0.3) is 5.78 Å². The van der Waals surface area contributed by atoms with Gasteiger partial charge in [-0.25, -0.2) is 9.78 Å². The molecule has 2 aliphatic heterocycles. The molecule has 1 amide bonds. The third-order valence-corrected chi connectivity index (χ3v) is 6.30. The highest BCUT2D eigenvalue weighted by molar-refractivity contribution is 7.14. The maximum absolute atomic E-state index is 13.2. The molecule has 1 saturated heterocycles. The second-order valence-corrected chi connectivity index (χ2v) is 8.33. The Balaban J connectivity index is 1.65. The van der Waals surface area contributed by atoms with E-state index in [9.17, 15) is 19.5 Å². The van der Waals surface area contributed by atoms with E-state index < -0.39 is 23.7 Å². The summed E-state index contributed by atoms with van der Waals surface area (Å²) in [6.45, 7) is 0.775. The van der Waals surface area contributed by atoms with E-state index in [2.05, 4.69) is 4.98 Å². The normalized spacial score (nSPS) is 18.7. The number of aliphatic hydroxyl groups excluding tert-OH is 1. The Labute approximate surface area is 197 Å². The van der Waals surface area contributed by atoms with Gasteiger partial charge >= 0.3 is 11.9 Å². The molecule has 10 heteroatoms. The predicted octanol–water partition coefficient (Wildman–Crippen LogP) is 3.33. The van der Waals surface area contributed by atoms with Crippen LogP contribution in [0.25, 0.3) is 5.76 Å². The number of carbonyl (C=O) groups excluding carboxylic acids is 3. The number of carbonyl (C=O) groups is 3. The van der Waals surface area contributed by atoms with Gasteiger partial charge in [0.2, 0.25) is 0 Å². The molecule has 0 aliphatic carbocycles. The van der Waals surface area contributed by atoms with Crippen molar-refractivity contribution in [2.45, 2.75) is 6.04 Å². The van der Waals surface area contributed by atoms with E-state index in [1.165, 1.54) is 41.7 Å². The maximum Gasteiger partial charge on any atom is 0.337 e. The molecule has 3 heterocycles. The lowest BCUT2D eigenvalue weighted by molar-refractivity contribution is -0.132. The van der Waals surface area contributed by atoms with Gasteiger partial charge in [-0.05, 0) is 35.9 Å². The van der Waals surface area contributed by atoms with Crippen LogP contribution in [0, 0.1) is 0 Å². The summed E-state index contributed by atoms with van der Waals surface area (Å²) in [5, 5.41) is 13.2. The molecular formula is C24H18N2O7S. The molecule has 0 saturated carbocycles. The van der Waals surface area contributed by atoms with Gasteiger partial charge in [0.1, 0.15) is 19.0 Å². The number of benzene rings is 2. The Morgan fingerprint density at radius 1 is 1.09 bits per heavy atom.